The maximum absolute atomic E-state index is 11.5. The van der Waals surface area contributed by atoms with Crippen molar-refractivity contribution in [1.82, 2.24) is 0 Å². The summed E-state index contributed by atoms with van der Waals surface area (Å²) >= 11 is 0. The molecule has 0 amide bonds. The molecule has 0 bridgehead atoms. The van der Waals surface area contributed by atoms with Crippen LogP contribution in [-0.4, -0.2) is 48.2 Å². The van der Waals surface area contributed by atoms with Crippen molar-refractivity contribution in [3.8, 4) is 11.5 Å². The zero-order chi connectivity index (χ0) is 23.1. The molecule has 2 N–H and O–H groups in total. The van der Waals surface area contributed by atoms with Crippen molar-refractivity contribution in [1.29, 1.82) is 0 Å². The van der Waals surface area contributed by atoms with Gasteiger partial charge in [0.25, 0.3) is 0 Å². The number of rotatable bonds is 6. The van der Waals surface area contributed by atoms with Gasteiger partial charge in [0.2, 0.25) is 0 Å². The fourth-order valence-electron chi connectivity index (χ4n) is 3.76. The number of hydrogen-bond donors (Lipinski definition) is 2. The molecule has 0 aromatic heterocycles. The van der Waals surface area contributed by atoms with Crippen LogP contribution in [0.4, 0.5) is 0 Å². The quantitative estimate of drug-likeness (QED) is 0.723. The van der Waals surface area contributed by atoms with Crippen LogP contribution in [0.3, 0.4) is 0 Å². The Morgan fingerprint density at radius 1 is 0.938 bits per heavy atom. The summed E-state index contributed by atoms with van der Waals surface area (Å²) in [4.78, 5) is 22.9. The third-order valence-electron chi connectivity index (χ3n) is 5.50. The lowest BCUT2D eigenvalue weighted by atomic mass is 9.94. The van der Waals surface area contributed by atoms with Gasteiger partial charge in [-0.15, -0.1) is 0 Å². The largest absolute Gasteiger partial charge is 0.497 e. The second-order valence-corrected chi connectivity index (χ2v) is 7.83. The van der Waals surface area contributed by atoms with Crippen LogP contribution in [0.1, 0.15) is 17.5 Å². The molecule has 2 aliphatic rings. The first-order chi connectivity index (χ1) is 15.4. The van der Waals surface area contributed by atoms with E-state index in [1.165, 1.54) is 6.08 Å². The SMILES string of the molecule is COc1cccc(CC2=CC(O)CC2=O)c1.COc1cccc(CC2C(=O)C=CC2O)c1. The van der Waals surface area contributed by atoms with Crippen molar-refractivity contribution in [3.05, 3.63) is 83.5 Å². The molecule has 0 heterocycles. The Morgan fingerprint density at radius 2 is 1.56 bits per heavy atom. The minimum absolute atomic E-state index is 0.00433. The molecule has 0 saturated heterocycles. The lowest BCUT2D eigenvalue weighted by Gasteiger charge is -2.13. The number of aliphatic hydroxyl groups excluding tert-OH is 2. The summed E-state index contributed by atoms with van der Waals surface area (Å²) in [6.07, 6.45) is 4.72. The minimum atomic E-state index is -0.654. The maximum atomic E-state index is 11.5. The third kappa shape index (κ3) is 6.15. The van der Waals surface area contributed by atoms with E-state index in [1.807, 2.05) is 48.5 Å². The number of carbonyl (C=O) groups excluding carboxylic acids is 2. The summed E-state index contributed by atoms with van der Waals surface area (Å²) < 4.78 is 10.2. The normalized spacial score (nSPS) is 21.8. The van der Waals surface area contributed by atoms with E-state index >= 15 is 0 Å². The molecule has 3 unspecified atom stereocenters. The maximum Gasteiger partial charge on any atom is 0.161 e. The van der Waals surface area contributed by atoms with Crippen molar-refractivity contribution < 1.29 is 29.3 Å². The number of Topliss-reactive ketones (excluding diaryl/α,β-unsaturated/α-hetero) is 1. The summed E-state index contributed by atoms with van der Waals surface area (Å²) in [5.41, 5.74) is 2.72. The highest BCUT2D eigenvalue weighted by molar-refractivity contribution is 5.98. The number of aliphatic hydroxyl groups is 2. The topological polar surface area (TPSA) is 93.1 Å². The van der Waals surface area contributed by atoms with Gasteiger partial charge in [-0.05, 0) is 59.5 Å². The Hall–Kier alpha value is -3.22. The molecule has 0 radical (unpaired) electrons. The van der Waals surface area contributed by atoms with Crippen LogP contribution >= 0.6 is 0 Å². The Labute approximate surface area is 187 Å². The number of carbonyl (C=O) groups is 2. The van der Waals surface area contributed by atoms with E-state index in [9.17, 15) is 19.8 Å². The van der Waals surface area contributed by atoms with Crippen LogP contribution in [0.2, 0.25) is 0 Å². The molecule has 0 spiro atoms. The van der Waals surface area contributed by atoms with E-state index < -0.39 is 12.2 Å². The summed E-state index contributed by atoms with van der Waals surface area (Å²) in [7, 11) is 3.22. The highest BCUT2D eigenvalue weighted by atomic mass is 16.5. The second kappa shape index (κ2) is 10.9. The summed E-state index contributed by atoms with van der Waals surface area (Å²) in [6.45, 7) is 0. The Morgan fingerprint density at radius 3 is 2.09 bits per heavy atom. The summed E-state index contributed by atoms with van der Waals surface area (Å²) in [5.74, 6) is 1.24. The molecule has 2 aromatic carbocycles. The molecule has 6 heteroatoms. The first kappa shape index (κ1) is 23.4. The van der Waals surface area contributed by atoms with Gasteiger partial charge in [0.1, 0.15) is 11.5 Å². The number of benzene rings is 2. The molecule has 2 aromatic rings. The van der Waals surface area contributed by atoms with Crippen molar-refractivity contribution in [2.24, 2.45) is 5.92 Å². The molecule has 4 rings (SSSR count). The number of hydrogen-bond acceptors (Lipinski definition) is 6. The Bertz CT molecular complexity index is 1020. The van der Waals surface area contributed by atoms with Crippen LogP contribution < -0.4 is 9.47 Å². The van der Waals surface area contributed by atoms with Crippen LogP contribution in [0.15, 0.2) is 72.3 Å². The zero-order valence-corrected chi connectivity index (χ0v) is 18.2. The van der Waals surface area contributed by atoms with Gasteiger partial charge >= 0.3 is 0 Å². The van der Waals surface area contributed by atoms with E-state index in [0.29, 0.717) is 18.4 Å². The van der Waals surface area contributed by atoms with Crippen molar-refractivity contribution in [2.75, 3.05) is 14.2 Å². The van der Waals surface area contributed by atoms with Crippen molar-refractivity contribution in [3.63, 3.8) is 0 Å². The Balaban J connectivity index is 0.000000181. The standard InChI is InChI=1S/2C13H14O3/c1-16-12-4-2-3-9(6-12)5-10-7-11(14)8-13(10)15;1-16-10-4-2-3-9(7-10)8-11-12(14)5-6-13(11)15/h2-4,6-7,11,14H,5,8H2,1H3;2-7,11-12,14H,8H2,1H3. The van der Waals surface area contributed by atoms with Gasteiger partial charge in [0.05, 0.1) is 32.3 Å². The highest BCUT2D eigenvalue weighted by Crippen LogP contribution is 2.23. The fraction of sp³-hybridized carbons (Fsp3) is 0.308. The van der Waals surface area contributed by atoms with E-state index in [1.54, 1.807) is 26.4 Å². The predicted molar refractivity (Wildman–Crippen MR) is 121 cm³/mol. The molecule has 0 fully saturated rings. The van der Waals surface area contributed by atoms with Crippen LogP contribution in [-0.2, 0) is 22.4 Å². The molecule has 168 valence electrons. The number of methoxy groups -OCH3 is 2. The van der Waals surface area contributed by atoms with Crippen molar-refractivity contribution >= 4 is 11.6 Å². The highest BCUT2D eigenvalue weighted by Gasteiger charge is 2.28. The molecule has 0 aliphatic heterocycles. The molecule has 6 nitrogen and oxygen atoms in total. The van der Waals surface area contributed by atoms with Crippen LogP contribution in [0.25, 0.3) is 0 Å². The van der Waals surface area contributed by atoms with Gasteiger partial charge in [-0.25, -0.2) is 0 Å². The molecule has 32 heavy (non-hydrogen) atoms. The lowest BCUT2D eigenvalue weighted by molar-refractivity contribution is -0.119. The number of ether oxygens (including phenoxy) is 2. The van der Waals surface area contributed by atoms with Gasteiger partial charge < -0.3 is 19.7 Å². The molecule has 2 aliphatic carbocycles. The molecule has 0 saturated carbocycles. The molecular weight excluding hydrogens is 408 g/mol. The van der Waals surface area contributed by atoms with Crippen LogP contribution in [0.5, 0.6) is 11.5 Å². The Kier molecular flexibility index (Phi) is 7.98. The fourth-order valence-corrected chi connectivity index (χ4v) is 3.76. The van der Waals surface area contributed by atoms with E-state index in [4.69, 9.17) is 9.47 Å². The second-order valence-electron chi connectivity index (χ2n) is 7.83. The van der Waals surface area contributed by atoms with E-state index in [-0.39, 0.29) is 23.9 Å². The van der Waals surface area contributed by atoms with Gasteiger partial charge in [0, 0.05) is 12.8 Å². The average molecular weight is 437 g/mol. The lowest BCUT2D eigenvalue weighted by Crippen LogP contribution is -2.22. The average Bonchev–Trinajstić information content (AvgIpc) is 3.28. The number of ketones is 2. The zero-order valence-electron chi connectivity index (χ0n) is 18.2. The first-order valence-electron chi connectivity index (χ1n) is 10.5. The van der Waals surface area contributed by atoms with Gasteiger partial charge in [-0.1, -0.05) is 30.3 Å². The predicted octanol–water partition coefficient (Wildman–Crippen LogP) is 2.85. The third-order valence-corrected chi connectivity index (χ3v) is 5.50. The monoisotopic (exact) mass is 436 g/mol. The van der Waals surface area contributed by atoms with Crippen molar-refractivity contribution in [2.45, 2.75) is 31.5 Å². The molecule has 3 atom stereocenters. The van der Waals surface area contributed by atoms with Gasteiger partial charge in [-0.3, -0.25) is 9.59 Å². The van der Waals surface area contributed by atoms with Gasteiger partial charge in [0.15, 0.2) is 11.6 Å². The minimum Gasteiger partial charge on any atom is -0.497 e. The summed E-state index contributed by atoms with van der Waals surface area (Å²) in [5, 5.41) is 18.9. The summed E-state index contributed by atoms with van der Waals surface area (Å²) in [6, 6.07) is 15.2. The van der Waals surface area contributed by atoms with Crippen LogP contribution in [0, 0.1) is 5.92 Å². The van der Waals surface area contributed by atoms with E-state index in [0.717, 1.165) is 22.6 Å². The van der Waals surface area contributed by atoms with E-state index in [2.05, 4.69) is 0 Å². The smallest absolute Gasteiger partial charge is 0.161 e. The van der Waals surface area contributed by atoms with Gasteiger partial charge in [-0.2, -0.15) is 0 Å². The first-order valence-corrected chi connectivity index (χ1v) is 10.5. The molecular formula is C26H28O6. The number of allylic oxidation sites excluding steroid dienone is 2.